The number of hydrogen-bond acceptors (Lipinski definition) is 9. The molecule has 4 aromatic rings. The van der Waals surface area contributed by atoms with Crippen molar-refractivity contribution in [3.05, 3.63) is 83.4 Å². The predicted octanol–water partition coefficient (Wildman–Crippen LogP) is 4.42. The van der Waals surface area contributed by atoms with Gasteiger partial charge >= 0.3 is 0 Å². The topological polar surface area (TPSA) is 132 Å². The number of carbonyl (C=O) groups is 1. The molecule has 0 aliphatic rings. The van der Waals surface area contributed by atoms with Crippen molar-refractivity contribution in [3.63, 3.8) is 0 Å². The summed E-state index contributed by atoms with van der Waals surface area (Å²) in [5.41, 5.74) is 8.70. The Kier molecular flexibility index (Phi) is 6.84. The van der Waals surface area contributed by atoms with Crippen LogP contribution in [-0.2, 0) is 10.5 Å². The summed E-state index contributed by atoms with van der Waals surface area (Å²) in [7, 11) is 0. The van der Waals surface area contributed by atoms with Gasteiger partial charge in [0.25, 0.3) is 0 Å². The van der Waals surface area contributed by atoms with Gasteiger partial charge < -0.3 is 20.9 Å². The maximum Gasteiger partial charge on any atom is 0.243 e. The molecule has 10 heteroatoms. The van der Waals surface area contributed by atoms with Crippen molar-refractivity contribution in [2.24, 2.45) is 0 Å². The quantitative estimate of drug-likeness (QED) is 0.349. The largest absolute Gasteiger partial charge is 0.368 e. The van der Waals surface area contributed by atoms with Crippen LogP contribution in [0.2, 0.25) is 0 Å². The number of thioether (sulfide) groups is 1. The van der Waals surface area contributed by atoms with Gasteiger partial charge in [-0.05, 0) is 31.0 Å². The van der Waals surface area contributed by atoms with Gasteiger partial charge in [0.05, 0.1) is 5.75 Å². The maximum absolute atomic E-state index is 13.1. The molecular weight excluding hydrogens is 438 g/mol. The van der Waals surface area contributed by atoms with Crippen LogP contribution in [0.5, 0.6) is 0 Å². The summed E-state index contributed by atoms with van der Waals surface area (Å²) in [5.74, 6) is 2.03. The van der Waals surface area contributed by atoms with E-state index in [1.807, 2.05) is 61.5 Å². The molecule has 4 rings (SSSR count). The Labute approximate surface area is 195 Å². The minimum Gasteiger partial charge on any atom is -0.368 e. The number of nitrogens with zero attached hydrogens (tertiary/aromatic N) is 4. The van der Waals surface area contributed by atoms with Crippen molar-refractivity contribution in [1.29, 1.82) is 0 Å². The molecule has 33 heavy (non-hydrogen) atoms. The van der Waals surface area contributed by atoms with Crippen molar-refractivity contribution in [1.82, 2.24) is 20.1 Å². The molecule has 2 aromatic carbocycles. The summed E-state index contributed by atoms with van der Waals surface area (Å²) in [6.45, 7) is 3.75. The van der Waals surface area contributed by atoms with Crippen LogP contribution >= 0.6 is 11.8 Å². The maximum atomic E-state index is 13.1. The first-order valence-corrected chi connectivity index (χ1v) is 11.3. The van der Waals surface area contributed by atoms with Gasteiger partial charge in [0, 0.05) is 11.8 Å². The molecule has 9 nitrogen and oxygen atoms in total. The van der Waals surface area contributed by atoms with Crippen LogP contribution in [0.4, 0.5) is 23.4 Å². The normalized spacial score (nSPS) is 11.7. The lowest BCUT2D eigenvalue weighted by Crippen LogP contribution is -2.19. The van der Waals surface area contributed by atoms with Crippen LogP contribution in [0.3, 0.4) is 0 Å². The average molecular weight is 462 g/mol. The van der Waals surface area contributed by atoms with E-state index in [1.54, 1.807) is 13.0 Å². The number of rotatable bonds is 8. The molecule has 2 aromatic heterocycles. The second-order valence-corrected chi connectivity index (χ2v) is 8.38. The molecule has 0 saturated heterocycles. The number of benzene rings is 2. The highest BCUT2D eigenvalue weighted by molar-refractivity contribution is 7.99. The first-order chi connectivity index (χ1) is 16.0. The third-order valence-electron chi connectivity index (χ3n) is 4.69. The van der Waals surface area contributed by atoms with Gasteiger partial charge in [0.1, 0.15) is 16.8 Å². The predicted molar refractivity (Wildman–Crippen MR) is 129 cm³/mol. The Balaban J connectivity index is 1.52. The first-order valence-electron chi connectivity index (χ1n) is 10.2. The number of amides is 1. The standard InChI is InChI=1S/C23H23N7O2S/c1-14-8-6-7-11-17(14)25-23-28-19(27-22(24)29-23)13-33-20(16-9-4-3-5-10-16)21(31)26-18-12-15(2)32-30-18/h3-12,20H,13H2,1-2H3,(H,26,30,31)(H3,24,25,27,28,29). The van der Waals surface area contributed by atoms with E-state index in [9.17, 15) is 4.79 Å². The fourth-order valence-electron chi connectivity index (χ4n) is 3.12. The SMILES string of the molecule is Cc1cc(NC(=O)C(SCc2nc(N)nc(Nc3ccccc3C)n2)c2ccccc2)no1. The third-order valence-corrected chi connectivity index (χ3v) is 5.93. The van der Waals surface area contributed by atoms with Gasteiger partial charge in [-0.25, -0.2) is 0 Å². The zero-order valence-corrected chi connectivity index (χ0v) is 19.0. The molecule has 0 aliphatic carbocycles. The first kappa shape index (κ1) is 22.3. The summed E-state index contributed by atoms with van der Waals surface area (Å²) in [6.07, 6.45) is 0. The number of nitrogens with two attached hydrogens (primary N) is 1. The van der Waals surface area contributed by atoms with Crippen molar-refractivity contribution < 1.29 is 9.32 Å². The molecule has 4 N–H and O–H groups in total. The molecule has 0 saturated carbocycles. The number of para-hydroxylation sites is 1. The van der Waals surface area contributed by atoms with Crippen LogP contribution in [-0.4, -0.2) is 26.0 Å². The lowest BCUT2D eigenvalue weighted by Gasteiger charge is -2.16. The molecule has 0 fully saturated rings. The van der Waals surface area contributed by atoms with Crippen molar-refractivity contribution in [3.8, 4) is 0 Å². The Morgan fingerprint density at radius 3 is 2.55 bits per heavy atom. The van der Waals surface area contributed by atoms with Gasteiger partial charge in [-0.2, -0.15) is 15.0 Å². The van der Waals surface area contributed by atoms with Crippen LogP contribution in [0, 0.1) is 13.8 Å². The molecule has 1 amide bonds. The van der Waals surface area contributed by atoms with Gasteiger partial charge in [0.15, 0.2) is 5.82 Å². The number of nitrogens with one attached hydrogen (secondary N) is 2. The lowest BCUT2D eigenvalue weighted by molar-refractivity contribution is -0.115. The van der Waals surface area contributed by atoms with Gasteiger partial charge in [-0.1, -0.05) is 53.7 Å². The fourth-order valence-corrected chi connectivity index (χ4v) is 4.12. The zero-order chi connectivity index (χ0) is 23.2. The summed E-state index contributed by atoms with van der Waals surface area (Å²) >= 11 is 1.38. The zero-order valence-electron chi connectivity index (χ0n) is 18.1. The number of aryl methyl sites for hydroxylation is 2. The summed E-state index contributed by atoms with van der Waals surface area (Å²) in [6, 6.07) is 19.0. The van der Waals surface area contributed by atoms with E-state index < -0.39 is 5.25 Å². The van der Waals surface area contributed by atoms with Crippen molar-refractivity contribution >= 4 is 41.1 Å². The number of carbonyl (C=O) groups excluding carboxylic acids is 1. The number of hydrogen-bond donors (Lipinski definition) is 3. The highest BCUT2D eigenvalue weighted by Crippen LogP contribution is 2.32. The van der Waals surface area contributed by atoms with E-state index in [4.69, 9.17) is 10.3 Å². The van der Waals surface area contributed by atoms with E-state index in [0.717, 1.165) is 16.8 Å². The molecule has 0 spiro atoms. The Hall–Kier alpha value is -3.92. The molecule has 2 heterocycles. The Bertz CT molecular complexity index is 1250. The third kappa shape index (κ3) is 5.86. The number of anilines is 4. The van der Waals surface area contributed by atoms with E-state index in [2.05, 4.69) is 30.7 Å². The smallest absolute Gasteiger partial charge is 0.243 e. The monoisotopic (exact) mass is 461 g/mol. The van der Waals surface area contributed by atoms with Crippen molar-refractivity contribution in [2.75, 3.05) is 16.4 Å². The van der Waals surface area contributed by atoms with E-state index in [1.165, 1.54) is 11.8 Å². The Morgan fingerprint density at radius 1 is 1.06 bits per heavy atom. The molecule has 1 atom stereocenters. The second kappa shape index (κ2) is 10.1. The highest BCUT2D eigenvalue weighted by Gasteiger charge is 2.23. The second-order valence-electron chi connectivity index (χ2n) is 7.29. The lowest BCUT2D eigenvalue weighted by atomic mass is 10.1. The van der Waals surface area contributed by atoms with Crippen LogP contribution in [0.25, 0.3) is 0 Å². The number of aromatic nitrogens is 4. The summed E-state index contributed by atoms with van der Waals surface area (Å²) in [4.78, 5) is 26.0. The van der Waals surface area contributed by atoms with Gasteiger partial charge in [-0.15, -0.1) is 11.8 Å². The van der Waals surface area contributed by atoms with Gasteiger partial charge in [0.2, 0.25) is 17.8 Å². The van der Waals surface area contributed by atoms with E-state index in [-0.39, 0.29) is 11.9 Å². The summed E-state index contributed by atoms with van der Waals surface area (Å²) in [5, 5.41) is 9.31. The molecule has 1 unspecified atom stereocenters. The van der Waals surface area contributed by atoms with Crippen molar-refractivity contribution in [2.45, 2.75) is 24.9 Å². The molecule has 0 aliphatic heterocycles. The van der Waals surface area contributed by atoms with E-state index in [0.29, 0.717) is 29.1 Å². The average Bonchev–Trinajstić information content (AvgIpc) is 3.20. The van der Waals surface area contributed by atoms with Crippen LogP contribution in [0.15, 0.2) is 65.2 Å². The van der Waals surface area contributed by atoms with Gasteiger partial charge in [-0.3, -0.25) is 4.79 Å². The van der Waals surface area contributed by atoms with E-state index >= 15 is 0 Å². The minimum absolute atomic E-state index is 0.107. The van der Waals surface area contributed by atoms with Crippen LogP contribution < -0.4 is 16.4 Å². The summed E-state index contributed by atoms with van der Waals surface area (Å²) < 4.78 is 5.04. The molecule has 168 valence electrons. The minimum atomic E-state index is -0.519. The molecule has 0 bridgehead atoms. The molecular formula is C23H23N7O2S. The molecule has 0 radical (unpaired) electrons. The number of nitrogen functional groups attached to an aromatic ring is 1. The van der Waals surface area contributed by atoms with Crippen LogP contribution in [0.1, 0.15) is 28.0 Å². The Morgan fingerprint density at radius 2 is 1.82 bits per heavy atom. The highest BCUT2D eigenvalue weighted by atomic mass is 32.2. The fraction of sp³-hybridized carbons (Fsp3) is 0.174.